The number of nitrogens with zero attached hydrogens (tertiary/aromatic N) is 2. The van der Waals surface area contributed by atoms with Gasteiger partial charge in [0.2, 0.25) is 5.91 Å². The van der Waals surface area contributed by atoms with E-state index in [0.29, 0.717) is 26.2 Å². The lowest BCUT2D eigenvalue weighted by atomic mass is 10.2. The maximum Gasteiger partial charge on any atom is 0.324 e. The minimum Gasteiger partial charge on any atom is -0.497 e. The number of carbonyl (C=O) groups excluding carboxylic acids is 2. The second-order valence-corrected chi connectivity index (χ2v) is 4.93. The summed E-state index contributed by atoms with van der Waals surface area (Å²) in [5.41, 5.74) is 1.06. The van der Waals surface area contributed by atoms with E-state index in [-0.39, 0.29) is 11.9 Å². The molecule has 1 aliphatic heterocycles. The zero-order valence-corrected chi connectivity index (χ0v) is 12.6. The summed E-state index contributed by atoms with van der Waals surface area (Å²) in [5, 5.41) is 2.25. The zero-order chi connectivity index (χ0) is 15.2. The van der Waals surface area contributed by atoms with Gasteiger partial charge in [0, 0.05) is 37.9 Å². The molecule has 1 heterocycles. The first-order chi connectivity index (χ1) is 10.1. The Morgan fingerprint density at radius 1 is 1.29 bits per heavy atom. The first-order valence-electron chi connectivity index (χ1n) is 6.67. The Bertz CT molecular complexity index is 516. The molecule has 0 bridgehead atoms. The fraction of sp³-hybridized carbons (Fsp3) is 0.429. The van der Waals surface area contributed by atoms with Gasteiger partial charge in [-0.05, 0) is 12.1 Å². The molecule has 0 aliphatic carbocycles. The molecule has 21 heavy (non-hydrogen) atoms. The number of amides is 3. The van der Waals surface area contributed by atoms with Gasteiger partial charge in [-0.15, -0.1) is 11.6 Å². The number of nitrogens with one attached hydrogen (secondary N) is 1. The van der Waals surface area contributed by atoms with Crippen LogP contribution in [0.5, 0.6) is 5.75 Å². The van der Waals surface area contributed by atoms with Crippen molar-refractivity contribution < 1.29 is 14.3 Å². The number of piperazine rings is 1. The Morgan fingerprint density at radius 2 is 2.00 bits per heavy atom. The smallest absolute Gasteiger partial charge is 0.324 e. The molecule has 0 atom stereocenters. The van der Waals surface area contributed by atoms with Crippen molar-refractivity contribution in [3.63, 3.8) is 0 Å². The standard InChI is InChI=1S/C14H18ClN3O3/c1-21-12-4-2-3-11(9-12)17-5-7-18(8-6-17)14(20)16-13(19)10-15/h2-4,9H,5-8,10H2,1H3,(H,16,19,20). The third-order valence-electron chi connectivity index (χ3n) is 3.35. The molecular formula is C14H18ClN3O3. The molecule has 0 radical (unpaired) electrons. The van der Waals surface area contributed by atoms with E-state index < -0.39 is 5.91 Å². The summed E-state index contributed by atoms with van der Waals surface area (Å²) in [5.74, 6) is 0.118. The normalized spacial score (nSPS) is 14.8. The van der Waals surface area contributed by atoms with Crippen LogP contribution >= 0.6 is 11.6 Å². The molecule has 1 fully saturated rings. The highest BCUT2D eigenvalue weighted by atomic mass is 35.5. The van der Waals surface area contributed by atoms with Crippen molar-refractivity contribution in [2.24, 2.45) is 0 Å². The second-order valence-electron chi connectivity index (χ2n) is 4.66. The molecule has 0 aromatic heterocycles. The van der Waals surface area contributed by atoms with Crippen molar-refractivity contribution >= 4 is 29.2 Å². The number of halogens is 1. The third-order valence-corrected chi connectivity index (χ3v) is 3.60. The number of rotatable bonds is 3. The Hall–Kier alpha value is -1.95. The molecule has 0 saturated carbocycles. The molecule has 0 spiro atoms. The SMILES string of the molecule is COc1cccc(N2CCN(C(=O)NC(=O)CCl)CC2)c1. The summed E-state index contributed by atoms with van der Waals surface area (Å²) in [6, 6.07) is 7.42. The van der Waals surface area contributed by atoms with Gasteiger partial charge in [-0.25, -0.2) is 4.79 Å². The number of alkyl halides is 1. The molecule has 6 nitrogen and oxygen atoms in total. The number of carbonyl (C=O) groups is 2. The van der Waals surface area contributed by atoms with Crippen molar-refractivity contribution in [2.45, 2.75) is 0 Å². The van der Waals surface area contributed by atoms with Crippen molar-refractivity contribution in [1.29, 1.82) is 0 Å². The van der Waals surface area contributed by atoms with Gasteiger partial charge >= 0.3 is 6.03 Å². The van der Waals surface area contributed by atoms with Gasteiger partial charge in [0.1, 0.15) is 11.6 Å². The van der Waals surface area contributed by atoms with E-state index in [2.05, 4.69) is 10.2 Å². The van der Waals surface area contributed by atoms with Gasteiger partial charge in [0.05, 0.1) is 7.11 Å². The maximum absolute atomic E-state index is 11.8. The summed E-state index contributed by atoms with van der Waals surface area (Å²) < 4.78 is 5.21. The van der Waals surface area contributed by atoms with E-state index in [4.69, 9.17) is 16.3 Å². The Balaban J connectivity index is 1.90. The lowest BCUT2D eigenvalue weighted by molar-refractivity contribution is -0.117. The quantitative estimate of drug-likeness (QED) is 0.855. The Labute approximate surface area is 128 Å². The van der Waals surface area contributed by atoms with E-state index in [1.807, 2.05) is 24.3 Å². The fourth-order valence-electron chi connectivity index (χ4n) is 2.21. The predicted octanol–water partition coefficient (Wildman–Crippen LogP) is 1.29. The van der Waals surface area contributed by atoms with Gasteiger partial charge in [-0.1, -0.05) is 6.07 Å². The van der Waals surface area contributed by atoms with E-state index in [1.165, 1.54) is 0 Å². The molecular weight excluding hydrogens is 294 g/mol. The van der Waals surface area contributed by atoms with Crippen LogP contribution in [0.3, 0.4) is 0 Å². The highest BCUT2D eigenvalue weighted by Crippen LogP contribution is 2.22. The van der Waals surface area contributed by atoms with Crippen LogP contribution in [-0.4, -0.2) is 56.0 Å². The molecule has 1 N–H and O–H groups in total. The monoisotopic (exact) mass is 311 g/mol. The highest BCUT2D eigenvalue weighted by Gasteiger charge is 2.22. The van der Waals surface area contributed by atoms with Crippen LogP contribution in [0, 0.1) is 0 Å². The lowest BCUT2D eigenvalue weighted by Crippen LogP contribution is -2.53. The predicted molar refractivity (Wildman–Crippen MR) is 81.0 cm³/mol. The van der Waals surface area contributed by atoms with Crippen molar-refractivity contribution in [1.82, 2.24) is 10.2 Å². The number of methoxy groups -OCH3 is 1. The molecule has 114 valence electrons. The van der Waals surface area contributed by atoms with Gasteiger partial charge in [-0.2, -0.15) is 0 Å². The summed E-state index contributed by atoms with van der Waals surface area (Å²) in [7, 11) is 1.63. The Kier molecular flexibility index (Phi) is 5.27. The molecule has 1 aromatic rings. The molecule has 3 amide bonds. The van der Waals surface area contributed by atoms with Crippen LogP contribution in [0.25, 0.3) is 0 Å². The second kappa shape index (κ2) is 7.17. The van der Waals surface area contributed by atoms with Crippen LogP contribution in [-0.2, 0) is 4.79 Å². The van der Waals surface area contributed by atoms with Crippen LogP contribution in [0.1, 0.15) is 0 Å². The zero-order valence-electron chi connectivity index (χ0n) is 11.8. The van der Waals surface area contributed by atoms with E-state index in [0.717, 1.165) is 11.4 Å². The molecule has 0 unspecified atom stereocenters. The van der Waals surface area contributed by atoms with E-state index in [1.54, 1.807) is 12.0 Å². The van der Waals surface area contributed by atoms with Crippen LogP contribution in [0.2, 0.25) is 0 Å². The van der Waals surface area contributed by atoms with Crippen molar-refractivity contribution in [2.75, 3.05) is 44.1 Å². The molecule has 1 aliphatic rings. The van der Waals surface area contributed by atoms with E-state index >= 15 is 0 Å². The number of anilines is 1. The summed E-state index contributed by atoms with van der Waals surface area (Å²) >= 11 is 5.36. The average molecular weight is 312 g/mol. The van der Waals surface area contributed by atoms with Gasteiger partial charge in [0.15, 0.2) is 0 Å². The minimum atomic E-state index is -0.475. The van der Waals surface area contributed by atoms with Crippen molar-refractivity contribution in [3.8, 4) is 5.75 Å². The number of urea groups is 1. The number of ether oxygens (including phenoxy) is 1. The van der Waals surface area contributed by atoms with Crippen LogP contribution in [0.4, 0.5) is 10.5 Å². The summed E-state index contributed by atoms with van der Waals surface area (Å²) in [6.07, 6.45) is 0. The number of hydrogen-bond donors (Lipinski definition) is 1. The molecule has 7 heteroatoms. The van der Waals surface area contributed by atoms with Crippen LogP contribution < -0.4 is 15.0 Å². The number of hydrogen-bond acceptors (Lipinski definition) is 4. The van der Waals surface area contributed by atoms with Gasteiger partial charge < -0.3 is 14.5 Å². The summed E-state index contributed by atoms with van der Waals surface area (Å²) in [4.78, 5) is 26.7. The number of benzene rings is 1. The fourth-order valence-corrected chi connectivity index (χ4v) is 2.27. The minimum absolute atomic E-state index is 0.213. The largest absolute Gasteiger partial charge is 0.497 e. The topological polar surface area (TPSA) is 61.9 Å². The van der Waals surface area contributed by atoms with Gasteiger partial charge in [-0.3, -0.25) is 10.1 Å². The van der Waals surface area contributed by atoms with Crippen molar-refractivity contribution in [3.05, 3.63) is 24.3 Å². The molecule has 1 aromatic carbocycles. The molecule has 1 saturated heterocycles. The van der Waals surface area contributed by atoms with E-state index in [9.17, 15) is 9.59 Å². The number of imide groups is 1. The summed E-state index contributed by atoms with van der Waals surface area (Å²) in [6.45, 7) is 2.52. The third kappa shape index (κ3) is 4.01. The maximum atomic E-state index is 11.8. The first-order valence-corrected chi connectivity index (χ1v) is 7.21. The van der Waals surface area contributed by atoms with Crippen LogP contribution in [0.15, 0.2) is 24.3 Å². The van der Waals surface area contributed by atoms with Gasteiger partial charge in [0.25, 0.3) is 0 Å². The lowest BCUT2D eigenvalue weighted by Gasteiger charge is -2.36. The molecule has 2 rings (SSSR count). The first kappa shape index (κ1) is 15.4. The highest BCUT2D eigenvalue weighted by molar-refractivity contribution is 6.28. The average Bonchev–Trinajstić information content (AvgIpc) is 2.54. The Morgan fingerprint density at radius 3 is 2.62 bits per heavy atom.